The van der Waals surface area contributed by atoms with Gasteiger partial charge in [0, 0.05) is 27.1 Å². The molecule has 0 saturated carbocycles. The first kappa shape index (κ1) is 15.9. The van der Waals surface area contributed by atoms with Crippen LogP contribution in [0.25, 0.3) is 22.0 Å². The monoisotopic (exact) mass is 317 g/mol. The van der Waals surface area contributed by atoms with Gasteiger partial charge in [0.2, 0.25) is 6.20 Å². The average Bonchev–Trinajstić information content (AvgIpc) is 2.45. The minimum absolute atomic E-state index is 0.604. The zero-order valence-electron chi connectivity index (χ0n) is 11.9. The summed E-state index contributed by atoms with van der Waals surface area (Å²) in [5, 5.41) is 6.56. The van der Waals surface area contributed by atoms with Crippen molar-refractivity contribution in [3.8, 4) is 11.3 Å². The Kier molecular flexibility index (Phi) is 4.69. The van der Waals surface area contributed by atoms with Gasteiger partial charge in [0.25, 0.3) is 0 Å². The number of aromatic nitrogens is 2. The van der Waals surface area contributed by atoms with Gasteiger partial charge >= 0.3 is 0 Å². The highest BCUT2D eigenvalue weighted by molar-refractivity contribution is 7.84. The lowest BCUT2D eigenvalue weighted by Crippen LogP contribution is -2.48. The molecular formula is C15H15N3O3S. The summed E-state index contributed by atoms with van der Waals surface area (Å²) in [6.07, 6.45) is 2.43. The molecule has 1 heterocycles. The molecule has 0 unspecified atom stereocenters. The number of nitrogen functional groups attached to an aromatic ring is 1. The fourth-order valence-electron chi connectivity index (χ4n) is 1.98. The van der Waals surface area contributed by atoms with E-state index in [1.54, 1.807) is 0 Å². The molecule has 0 aliphatic carbocycles. The van der Waals surface area contributed by atoms with Gasteiger partial charge in [-0.1, -0.05) is 48.5 Å². The Balaban J connectivity index is 0.000000309. The van der Waals surface area contributed by atoms with Crippen LogP contribution < -0.4 is 10.6 Å². The molecule has 0 amide bonds. The van der Waals surface area contributed by atoms with Crippen molar-refractivity contribution in [2.75, 3.05) is 12.1 Å². The Morgan fingerprint density at radius 1 is 1.05 bits per heavy atom. The second-order valence-corrected chi connectivity index (χ2v) is 6.02. The zero-order valence-corrected chi connectivity index (χ0v) is 12.7. The number of nitrogens with two attached hydrogens (primary N) is 1. The molecule has 0 fully saturated rings. The molecule has 0 bridgehead atoms. The average molecular weight is 317 g/mol. The van der Waals surface area contributed by atoms with Crippen molar-refractivity contribution in [1.29, 1.82) is 0 Å². The number of fused-ring (bicyclic) bond motifs is 1. The number of hydrogen-bond donors (Lipinski definition) is 1. The molecule has 0 radical (unpaired) electrons. The molecule has 2 N–H and O–H groups in total. The van der Waals surface area contributed by atoms with Gasteiger partial charge in [-0.3, -0.25) is 0 Å². The number of hydrogen-bond acceptors (Lipinski definition) is 5. The second-order valence-electron chi connectivity index (χ2n) is 4.62. The predicted octanol–water partition coefficient (Wildman–Crippen LogP) is 1.06. The smallest absolute Gasteiger partial charge is 0.238 e. The molecule has 114 valence electrons. The summed E-state index contributed by atoms with van der Waals surface area (Å²) in [5.74, 6) is 5.77. The van der Waals surface area contributed by atoms with Crippen LogP contribution in [0.5, 0.6) is 0 Å². The van der Waals surface area contributed by atoms with E-state index in [1.807, 2.05) is 54.7 Å². The van der Waals surface area contributed by atoms with Gasteiger partial charge < -0.3 is 4.55 Å². The van der Waals surface area contributed by atoms with Gasteiger partial charge in [0.1, 0.15) is 5.69 Å². The summed E-state index contributed by atoms with van der Waals surface area (Å²) in [6.45, 7) is 0. The summed E-state index contributed by atoms with van der Waals surface area (Å²) >= 11 is 0. The number of rotatable bonds is 1. The lowest BCUT2D eigenvalue weighted by atomic mass is 10.1. The summed E-state index contributed by atoms with van der Waals surface area (Å²) in [6, 6.07) is 18.2. The van der Waals surface area contributed by atoms with Crippen molar-refractivity contribution in [3.05, 3.63) is 60.8 Å². The third-order valence-corrected chi connectivity index (χ3v) is 2.75. The maximum absolute atomic E-state index is 9.08. The van der Waals surface area contributed by atoms with Crippen LogP contribution in [-0.4, -0.2) is 24.3 Å². The standard InChI is InChI=1S/C14H12N3.CH4O3S/c15-17-10-12-8-4-5-9-13(12)14(16-17)11-6-2-1-3-7-11;1-5(2,3)4/h1-10H,(H2,15,16);1H3,(H,2,3,4)/q+1;/p-1. The lowest BCUT2D eigenvalue weighted by molar-refractivity contribution is -0.698. The lowest BCUT2D eigenvalue weighted by Gasteiger charge is -2.02. The van der Waals surface area contributed by atoms with Gasteiger partial charge in [0.05, 0.1) is 15.5 Å². The van der Waals surface area contributed by atoms with E-state index in [4.69, 9.17) is 18.8 Å². The molecule has 2 aromatic carbocycles. The van der Waals surface area contributed by atoms with Crippen molar-refractivity contribution in [1.82, 2.24) is 5.10 Å². The molecule has 6 nitrogen and oxygen atoms in total. The van der Waals surface area contributed by atoms with Crippen LogP contribution in [0.3, 0.4) is 0 Å². The van der Waals surface area contributed by atoms with E-state index in [0.717, 1.165) is 22.0 Å². The molecule has 1 aromatic heterocycles. The van der Waals surface area contributed by atoms with E-state index in [0.29, 0.717) is 6.26 Å². The van der Waals surface area contributed by atoms with E-state index in [2.05, 4.69) is 11.2 Å². The van der Waals surface area contributed by atoms with E-state index in [9.17, 15) is 0 Å². The van der Waals surface area contributed by atoms with Crippen LogP contribution in [-0.2, 0) is 10.1 Å². The molecule has 0 aliphatic rings. The molecule has 0 spiro atoms. The fraction of sp³-hybridized carbons (Fsp3) is 0.0667. The Bertz CT molecular complexity index is 873. The minimum atomic E-state index is -3.92. The second kappa shape index (κ2) is 6.50. The summed E-state index contributed by atoms with van der Waals surface area (Å²) < 4.78 is 27.2. The van der Waals surface area contributed by atoms with Crippen molar-refractivity contribution >= 4 is 20.9 Å². The van der Waals surface area contributed by atoms with Crippen molar-refractivity contribution in [2.45, 2.75) is 0 Å². The highest BCUT2D eigenvalue weighted by atomic mass is 32.2. The Morgan fingerprint density at radius 2 is 1.59 bits per heavy atom. The van der Waals surface area contributed by atoms with Crippen LogP contribution in [0.15, 0.2) is 60.8 Å². The normalized spacial score (nSPS) is 10.8. The third-order valence-electron chi connectivity index (χ3n) is 2.75. The van der Waals surface area contributed by atoms with E-state index >= 15 is 0 Å². The van der Waals surface area contributed by atoms with Crippen LogP contribution in [0.2, 0.25) is 0 Å². The summed E-state index contributed by atoms with van der Waals surface area (Å²) in [4.78, 5) is 1.37. The third kappa shape index (κ3) is 4.51. The molecule has 0 saturated heterocycles. The zero-order chi connectivity index (χ0) is 16.2. The van der Waals surface area contributed by atoms with Gasteiger partial charge in [-0.15, -0.1) is 0 Å². The predicted molar refractivity (Wildman–Crippen MR) is 83.1 cm³/mol. The van der Waals surface area contributed by atoms with Crippen LogP contribution in [0, 0.1) is 0 Å². The Hall–Kier alpha value is -2.51. The molecule has 3 rings (SSSR count). The largest absolute Gasteiger partial charge is 0.748 e. The molecule has 22 heavy (non-hydrogen) atoms. The maximum atomic E-state index is 9.08. The first-order chi connectivity index (χ1) is 10.3. The van der Waals surface area contributed by atoms with Gasteiger partial charge in [0.15, 0.2) is 0 Å². The first-order valence-electron chi connectivity index (χ1n) is 6.37. The van der Waals surface area contributed by atoms with E-state index in [-0.39, 0.29) is 0 Å². The summed E-state index contributed by atoms with van der Waals surface area (Å²) in [5.41, 5.74) is 1.98. The highest BCUT2D eigenvalue weighted by Crippen LogP contribution is 2.24. The highest BCUT2D eigenvalue weighted by Gasteiger charge is 2.11. The van der Waals surface area contributed by atoms with E-state index in [1.165, 1.54) is 4.79 Å². The maximum Gasteiger partial charge on any atom is 0.238 e. The van der Waals surface area contributed by atoms with Gasteiger partial charge in [-0.05, 0) is 6.07 Å². The number of nitrogens with zero attached hydrogens (tertiary/aromatic N) is 2. The van der Waals surface area contributed by atoms with Crippen molar-refractivity contribution in [3.63, 3.8) is 0 Å². The van der Waals surface area contributed by atoms with Crippen LogP contribution >= 0.6 is 0 Å². The SMILES string of the molecule is CS(=O)(=O)[O-].N[n+]1cc2ccccc2c(-c2ccccc2)n1. The molecule has 3 aromatic rings. The van der Waals surface area contributed by atoms with Crippen molar-refractivity contribution < 1.29 is 17.8 Å². The molecular weight excluding hydrogens is 302 g/mol. The molecule has 0 atom stereocenters. The Morgan fingerprint density at radius 3 is 2.23 bits per heavy atom. The number of benzene rings is 2. The summed E-state index contributed by atoms with van der Waals surface area (Å²) in [7, 11) is -3.92. The van der Waals surface area contributed by atoms with Gasteiger partial charge in [-0.25, -0.2) is 8.42 Å². The van der Waals surface area contributed by atoms with Gasteiger partial charge in [-0.2, -0.15) is 5.84 Å². The topological polar surface area (TPSA) is 100.0 Å². The minimum Gasteiger partial charge on any atom is -0.748 e. The molecule has 7 heteroatoms. The fourth-order valence-corrected chi connectivity index (χ4v) is 1.98. The Labute approximate surface area is 128 Å². The quantitative estimate of drug-likeness (QED) is 0.411. The van der Waals surface area contributed by atoms with Crippen LogP contribution in [0.1, 0.15) is 0 Å². The van der Waals surface area contributed by atoms with Crippen LogP contribution in [0.4, 0.5) is 0 Å². The molecule has 0 aliphatic heterocycles. The van der Waals surface area contributed by atoms with E-state index < -0.39 is 10.1 Å². The first-order valence-corrected chi connectivity index (χ1v) is 8.19. The van der Waals surface area contributed by atoms with Crippen molar-refractivity contribution in [2.24, 2.45) is 0 Å².